The van der Waals surface area contributed by atoms with Crippen LogP contribution in [0.4, 0.5) is 0 Å². The minimum atomic E-state index is -1.99. The van der Waals surface area contributed by atoms with Gasteiger partial charge in [0.05, 0.1) is 21.7 Å². The van der Waals surface area contributed by atoms with E-state index in [1.807, 2.05) is 55.4 Å². The quantitative estimate of drug-likeness (QED) is 0.0761. The molecule has 8 bridgehead atoms. The van der Waals surface area contributed by atoms with E-state index in [-0.39, 0.29) is 60.5 Å². The fourth-order valence-electron chi connectivity index (χ4n) is 13.9. The van der Waals surface area contributed by atoms with Crippen LogP contribution in [-0.4, -0.2) is 89.8 Å². The first-order valence-corrected chi connectivity index (χ1v) is 27.8. The Kier molecular flexibility index (Phi) is 13.9. The number of aliphatic hydroxyl groups excluding tert-OH is 4. The van der Waals surface area contributed by atoms with Crippen LogP contribution in [0.25, 0.3) is 0 Å². The van der Waals surface area contributed by atoms with Crippen molar-refractivity contribution >= 4 is 47.0 Å². The zero-order chi connectivity index (χ0) is 60.6. The van der Waals surface area contributed by atoms with Crippen LogP contribution in [0.15, 0.2) is 164 Å². The van der Waals surface area contributed by atoms with Gasteiger partial charge in [0.15, 0.2) is 22.4 Å². The maximum atomic E-state index is 15.0. The van der Waals surface area contributed by atoms with Crippen molar-refractivity contribution < 1.29 is 77.7 Å². The van der Waals surface area contributed by atoms with Crippen LogP contribution in [0, 0.1) is 45.3 Å². The number of ether oxygens (including phenoxy) is 4. The number of allylic oxidation sites excluding steroid dienone is 12. The van der Waals surface area contributed by atoms with E-state index in [4.69, 9.17) is 18.9 Å². The molecule has 4 N–H and O–H groups in total. The molecular formula is C66H72O16. The predicted octanol–water partition coefficient (Wildman–Crippen LogP) is 10.8. The largest absolute Gasteiger partial charge is 0.507 e. The van der Waals surface area contributed by atoms with Crippen molar-refractivity contribution in [2.45, 2.75) is 145 Å². The van der Waals surface area contributed by atoms with Crippen molar-refractivity contribution in [1.29, 1.82) is 0 Å². The summed E-state index contributed by atoms with van der Waals surface area (Å²) < 4.78 is 24.3. The molecular weight excluding hydrogens is 1050 g/mol. The molecule has 0 aromatic carbocycles. The summed E-state index contributed by atoms with van der Waals surface area (Å²) in [7, 11) is 0. The summed E-state index contributed by atoms with van der Waals surface area (Å²) in [6.07, 6.45) is 20.8. The number of esters is 4. The third kappa shape index (κ3) is 8.26. The SMILES string of the molecule is CC1=C[C@]2(C)/C=C/C(O)=C3\C(=O)O[C@]4(C[C@H](C)C(C)=C[C@]4(C)/C=C/C=C(C)/C(O)=C4/C(=O)O[C@@]5(C[C@H](C)C(C)=C[C@]5(C)/C=C/C(O)=C5\C(=O)O[C@]6(C[C@H](C)C(C)=C[C@]6(C)/C=C/C=C(C)/C(O)=C6/C(=O)O[C@@]2(C[C@@H]1C)C6=O)C5=O)C4=O)C3=O. The van der Waals surface area contributed by atoms with Gasteiger partial charge in [-0.05, 0) is 116 Å². The minimum absolute atomic E-state index is 0.0000574. The Morgan fingerprint density at radius 3 is 0.878 bits per heavy atom. The van der Waals surface area contributed by atoms with Gasteiger partial charge in [0.25, 0.3) is 0 Å². The molecule has 4 aliphatic heterocycles. The number of carbonyl (C=O) groups is 8. The van der Waals surface area contributed by atoms with Gasteiger partial charge in [0, 0.05) is 25.7 Å². The average Bonchev–Trinajstić information content (AvgIpc) is 4.12. The molecule has 0 radical (unpaired) electrons. The van der Waals surface area contributed by atoms with E-state index in [1.165, 1.54) is 50.3 Å². The lowest BCUT2D eigenvalue weighted by Gasteiger charge is -2.45. The van der Waals surface area contributed by atoms with Gasteiger partial charge < -0.3 is 39.4 Å². The molecule has 5 aliphatic carbocycles. The van der Waals surface area contributed by atoms with Crippen molar-refractivity contribution in [3.8, 4) is 0 Å². The normalized spacial score (nSPS) is 45.5. The topological polar surface area (TPSA) is 254 Å². The number of ketones is 4. The average molecular weight is 1120 g/mol. The van der Waals surface area contributed by atoms with E-state index in [9.17, 15) is 58.8 Å². The molecule has 0 aromatic rings. The molecule has 432 valence electrons. The predicted molar refractivity (Wildman–Crippen MR) is 301 cm³/mol. The molecule has 16 nitrogen and oxygen atoms in total. The highest BCUT2D eigenvalue weighted by Gasteiger charge is 2.68. The Labute approximate surface area is 477 Å². The summed E-state index contributed by atoms with van der Waals surface area (Å²) in [4.78, 5) is 116. The first-order chi connectivity index (χ1) is 38.0. The molecule has 0 aromatic heterocycles. The smallest absolute Gasteiger partial charge is 0.346 e. The lowest BCUT2D eigenvalue weighted by molar-refractivity contribution is -0.162. The minimum Gasteiger partial charge on any atom is -0.507 e. The number of Topliss-reactive ketones (excluding diaryl/α,β-unsaturated/α-hetero) is 4. The Morgan fingerprint density at radius 1 is 0.378 bits per heavy atom. The third-order valence-electron chi connectivity index (χ3n) is 19.8. The number of hydrogen-bond acceptors (Lipinski definition) is 16. The molecule has 4 saturated heterocycles. The molecule has 82 heavy (non-hydrogen) atoms. The molecule has 4 heterocycles. The first kappa shape index (κ1) is 58.8. The van der Waals surface area contributed by atoms with E-state index in [1.54, 1.807) is 64.2 Å². The lowest BCUT2D eigenvalue weighted by Crippen LogP contribution is -2.53. The Bertz CT molecular complexity index is 3290. The van der Waals surface area contributed by atoms with Gasteiger partial charge in [0.2, 0.25) is 23.1 Å². The van der Waals surface area contributed by atoms with Gasteiger partial charge in [-0.3, -0.25) is 19.2 Å². The van der Waals surface area contributed by atoms with E-state index in [0.717, 1.165) is 34.4 Å². The molecule has 12 atom stereocenters. The highest BCUT2D eigenvalue weighted by atomic mass is 16.6. The number of rotatable bonds is 0. The van der Waals surface area contributed by atoms with Crippen molar-refractivity contribution in [3.63, 3.8) is 0 Å². The number of fused-ring (bicyclic) bond motifs is 4. The van der Waals surface area contributed by atoms with Gasteiger partial charge in [-0.25, -0.2) is 19.2 Å². The van der Waals surface area contributed by atoms with E-state index in [0.29, 0.717) is 0 Å². The fraction of sp³-hybridized carbons (Fsp3) is 0.455. The highest BCUT2D eigenvalue weighted by molar-refractivity contribution is 6.29. The molecule has 9 aliphatic rings. The number of hydrogen-bond donors (Lipinski definition) is 4. The van der Waals surface area contributed by atoms with Gasteiger partial charge >= 0.3 is 23.9 Å². The van der Waals surface area contributed by atoms with Crippen molar-refractivity contribution in [2.75, 3.05) is 0 Å². The molecule has 9 rings (SSSR count). The summed E-state index contributed by atoms with van der Waals surface area (Å²) >= 11 is 0. The van der Waals surface area contributed by atoms with Gasteiger partial charge in [-0.2, -0.15) is 0 Å². The summed E-state index contributed by atoms with van der Waals surface area (Å²) in [5.41, 5.74) is -12.9. The van der Waals surface area contributed by atoms with E-state index < -0.39 is 136 Å². The summed E-state index contributed by atoms with van der Waals surface area (Å²) in [6.45, 7) is 24.2. The maximum absolute atomic E-state index is 15.0. The zero-order valence-corrected chi connectivity index (χ0v) is 48.9. The zero-order valence-electron chi connectivity index (χ0n) is 48.9. The Balaban J connectivity index is 1.24. The van der Waals surface area contributed by atoms with Gasteiger partial charge in [0.1, 0.15) is 45.3 Å². The van der Waals surface area contributed by atoms with Crippen LogP contribution in [-0.2, 0) is 57.3 Å². The van der Waals surface area contributed by atoms with E-state index in [2.05, 4.69) is 0 Å². The molecule has 16 heteroatoms. The van der Waals surface area contributed by atoms with Crippen LogP contribution in [0.3, 0.4) is 0 Å². The third-order valence-corrected chi connectivity index (χ3v) is 19.8. The van der Waals surface area contributed by atoms with E-state index >= 15 is 0 Å². The van der Waals surface area contributed by atoms with Crippen molar-refractivity contribution in [1.82, 2.24) is 0 Å². The van der Waals surface area contributed by atoms with Crippen LogP contribution >= 0.6 is 0 Å². The summed E-state index contributed by atoms with van der Waals surface area (Å²) in [5.74, 6) is -12.0. The molecule has 0 unspecified atom stereocenters. The second-order valence-electron chi connectivity index (χ2n) is 25.3. The molecule has 0 saturated carbocycles. The number of aliphatic hydroxyl groups is 4. The molecule has 0 amide bonds. The monoisotopic (exact) mass is 1120 g/mol. The second-order valence-corrected chi connectivity index (χ2v) is 25.3. The maximum Gasteiger partial charge on any atom is 0.346 e. The highest BCUT2D eigenvalue weighted by Crippen LogP contribution is 2.58. The fourth-order valence-corrected chi connectivity index (χ4v) is 13.9. The van der Waals surface area contributed by atoms with Crippen LogP contribution in [0.1, 0.15) is 123 Å². The Morgan fingerprint density at radius 2 is 0.610 bits per heavy atom. The van der Waals surface area contributed by atoms with Gasteiger partial charge in [-0.1, -0.05) is 123 Å². The molecule has 4 fully saturated rings. The van der Waals surface area contributed by atoms with Crippen LogP contribution < -0.4 is 0 Å². The molecule has 4 spiro atoms. The van der Waals surface area contributed by atoms with Crippen molar-refractivity contribution in [2.24, 2.45) is 45.3 Å². The Hall–Kier alpha value is -7.88. The summed E-state index contributed by atoms with van der Waals surface area (Å²) in [6, 6.07) is 0. The van der Waals surface area contributed by atoms with Crippen LogP contribution in [0.5, 0.6) is 0 Å². The second kappa shape index (κ2) is 19.4. The van der Waals surface area contributed by atoms with Gasteiger partial charge in [-0.15, -0.1) is 0 Å². The lowest BCUT2D eigenvalue weighted by atomic mass is 9.61. The van der Waals surface area contributed by atoms with Crippen LogP contribution in [0.2, 0.25) is 0 Å². The first-order valence-electron chi connectivity index (χ1n) is 27.8. The number of carbonyl (C=O) groups excluding carboxylic acids is 8. The van der Waals surface area contributed by atoms with Crippen molar-refractivity contribution in [3.05, 3.63) is 164 Å². The summed E-state index contributed by atoms with van der Waals surface area (Å²) in [5, 5.41) is 47.5. The standard InChI is InChI=1S/C66H72O16/c1-33-17-15-21-59(11)25-35(3)39(7)29-63(59)51(71)45(55(75)79-63)44(68)20-24-62(14)28-38(6)42(10)32-66(62)54(74)48(58(78)82-66)50(70)34(2)18-16-22-60(12)26-36(4)40(8)30-64(60)52(72)46(56(76)80-64)43(67)19-23-61(13)27-37(5)41(9)31-65(61)53(73)47(49(33)69)57(77)81-65/h15-28,39-42,67-70H,29-32H2,1-14H3/b21-15+,22-16+,23-19+,24-20+,33-17+,34-18+,45-44+,46-43+,49-47-,50-48-/t39-,40-,41-,42-,59-,60-,61-,62-,63+,64+,65-,66-/m0/s1.